The van der Waals surface area contributed by atoms with Gasteiger partial charge in [0, 0.05) is 18.5 Å². The Morgan fingerprint density at radius 1 is 1.41 bits per heavy atom. The predicted molar refractivity (Wildman–Crippen MR) is 66.9 cm³/mol. The monoisotopic (exact) mass is 267 g/mol. The van der Waals surface area contributed by atoms with Crippen LogP contribution in [0.15, 0.2) is 11.6 Å². The molecule has 0 fully saturated rings. The summed E-state index contributed by atoms with van der Waals surface area (Å²) in [6, 6.07) is 0. The largest absolute Gasteiger partial charge is 0.296 e. The zero-order valence-corrected chi connectivity index (χ0v) is 10.8. The molecular formula is C10H9N3O2S2. The summed E-state index contributed by atoms with van der Waals surface area (Å²) in [5, 5.41) is 5.15. The standard InChI is InChI=1S/C10H9N3O2S2/c1-5-7(6(2)14)17-10(12-5)13-8(15)9-11-3-4-16-9/h3-4H,1-2H3,(H,12,13,15). The topological polar surface area (TPSA) is 72.0 Å². The van der Waals surface area contributed by atoms with Gasteiger partial charge in [0.1, 0.15) is 0 Å². The number of thiazole rings is 2. The van der Waals surface area contributed by atoms with Crippen molar-refractivity contribution in [3.8, 4) is 0 Å². The lowest BCUT2D eigenvalue weighted by atomic mass is 10.3. The molecule has 0 atom stereocenters. The molecule has 5 nitrogen and oxygen atoms in total. The first-order valence-electron chi connectivity index (χ1n) is 4.77. The second-order valence-corrected chi connectivity index (χ2v) is 5.17. The summed E-state index contributed by atoms with van der Waals surface area (Å²) in [6.45, 7) is 3.22. The van der Waals surface area contributed by atoms with Gasteiger partial charge in [0.2, 0.25) is 0 Å². The molecule has 0 bridgehead atoms. The number of ketones is 1. The van der Waals surface area contributed by atoms with E-state index in [-0.39, 0.29) is 11.7 Å². The highest BCUT2D eigenvalue weighted by Gasteiger charge is 2.15. The van der Waals surface area contributed by atoms with Crippen molar-refractivity contribution < 1.29 is 9.59 Å². The maximum absolute atomic E-state index is 11.7. The molecule has 7 heteroatoms. The number of amides is 1. The fraction of sp³-hybridized carbons (Fsp3) is 0.200. The van der Waals surface area contributed by atoms with Crippen LogP contribution in [0.1, 0.15) is 32.1 Å². The molecule has 2 rings (SSSR count). The Bertz CT molecular complexity index is 560. The highest BCUT2D eigenvalue weighted by molar-refractivity contribution is 7.18. The van der Waals surface area contributed by atoms with Crippen LogP contribution in [0.2, 0.25) is 0 Å². The van der Waals surface area contributed by atoms with Crippen LogP contribution in [0.4, 0.5) is 5.13 Å². The number of carbonyl (C=O) groups excluding carboxylic acids is 2. The van der Waals surface area contributed by atoms with Crippen LogP contribution in [0.3, 0.4) is 0 Å². The van der Waals surface area contributed by atoms with Crippen LogP contribution >= 0.6 is 22.7 Å². The van der Waals surface area contributed by atoms with Crippen molar-refractivity contribution in [2.45, 2.75) is 13.8 Å². The van der Waals surface area contributed by atoms with Gasteiger partial charge in [-0.25, -0.2) is 9.97 Å². The van der Waals surface area contributed by atoms with Gasteiger partial charge in [-0.2, -0.15) is 0 Å². The third-order valence-electron chi connectivity index (χ3n) is 1.96. The minimum absolute atomic E-state index is 0.0465. The molecule has 0 saturated carbocycles. The molecule has 2 aromatic heterocycles. The van der Waals surface area contributed by atoms with E-state index >= 15 is 0 Å². The SMILES string of the molecule is CC(=O)c1sc(NC(=O)c2nccs2)nc1C. The highest BCUT2D eigenvalue weighted by Crippen LogP contribution is 2.23. The second-order valence-electron chi connectivity index (χ2n) is 3.28. The van der Waals surface area contributed by atoms with E-state index in [1.165, 1.54) is 29.6 Å². The average Bonchev–Trinajstić information content (AvgIpc) is 2.86. The number of anilines is 1. The number of rotatable bonds is 3. The number of hydrogen-bond acceptors (Lipinski definition) is 6. The summed E-state index contributed by atoms with van der Waals surface area (Å²) in [5.41, 5.74) is 0.636. The van der Waals surface area contributed by atoms with E-state index in [0.717, 1.165) is 0 Å². The van der Waals surface area contributed by atoms with E-state index in [1.54, 1.807) is 18.5 Å². The van der Waals surface area contributed by atoms with Gasteiger partial charge < -0.3 is 0 Å². The predicted octanol–water partition coefficient (Wildman–Crippen LogP) is 2.36. The summed E-state index contributed by atoms with van der Waals surface area (Å²) in [4.78, 5) is 31.5. The molecule has 17 heavy (non-hydrogen) atoms. The molecule has 2 aromatic rings. The van der Waals surface area contributed by atoms with Gasteiger partial charge >= 0.3 is 0 Å². The lowest BCUT2D eigenvalue weighted by molar-refractivity contribution is 0.101. The van der Waals surface area contributed by atoms with Gasteiger partial charge in [0.05, 0.1) is 10.6 Å². The summed E-state index contributed by atoms with van der Waals surface area (Å²) in [6.07, 6.45) is 1.56. The Morgan fingerprint density at radius 3 is 2.71 bits per heavy atom. The summed E-state index contributed by atoms with van der Waals surface area (Å²) in [5.74, 6) is -0.349. The fourth-order valence-electron chi connectivity index (χ4n) is 1.26. The third kappa shape index (κ3) is 2.56. The van der Waals surface area contributed by atoms with Crippen LogP contribution in [0.5, 0.6) is 0 Å². The molecule has 0 unspecified atom stereocenters. The van der Waals surface area contributed by atoms with Crippen molar-refractivity contribution in [3.63, 3.8) is 0 Å². The summed E-state index contributed by atoms with van der Waals surface area (Å²) in [7, 11) is 0. The van der Waals surface area contributed by atoms with Gasteiger partial charge in [0.15, 0.2) is 15.9 Å². The summed E-state index contributed by atoms with van der Waals surface area (Å²) >= 11 is 2.43. The number of hydrogen-bond donors (Lipinski definition) is 1. The van der Waals surface area contributed by atoms with Gasteiger partial charge in [-0.1, -0.05) is 11.3 Å². The Hall–Kier alpha value is -1.60. The first kappa shape index (κ1) is 11.9. The Labute approximate surface area is 106 Å². The maximum atomic E-state index is 11.7. The minimum Gasteiger partial charge on any atom is -0.296 e. The molecule has 1 amide bonds. The molecule has 88 valence electrons. The van der Waals surface area contributed by atoms with Crippen LogP contribution in [0.25, 0.3) is 0 Å². The van der Waals surface area contributed by atoms with Crippen molar-refractivity contribution >= 4 is 39.5 Å². The zero-order valence-electron chi connectivity index (χ0n) is 9.18. The van der Waals surface area contributed by atoms with E-state index in [2.05, 4.69) is 15.3 Å². The van der Waals surface area contributed by atoms with E-state index in [1.807, 2.05) is 0 Å². The molecule has 0 aliphatic heterocycles. The van der Waals surface area contributed by atoms with E-state index in [4.69, 9.17) is 0 Å². The number of aromatic nitrogens is 2. The molecule has 0 aromatic carbocycles. The lowest BCUT2D eigenvalue weighted by Gasteiger charge is -1.96. The minimum atomic E-state index is -0.302. The molecule has 1 N–H and O–H groups in total. The Kier molecular flexibility index (Phi) is 3.30. The lowest BCUT2D eigenvalue weighted by Crippen LogP contribution is -2.10. The first-order valence-corrected chi connectivity index (χ1v) is 6.46. The number of aryl methyl sites for hydroxylation is 1. The molecular weight excluding hydrogens is 258 g/mol. The average molecular weight is 267 g/mol. The zero-order chi connectivity index (χ0) is 12.4. The van der Waals surface area contributed by atoms with Crippen molar-refractivity contribution in [2.75, 3.05) is 5.32 Å². The molecule has 0 aliphatic rings. The first-order chi connectivity index (χ1) is 8.08. The fourth-order valence-corrected chi connectivity index (χ4v) is 2.65. The van der Waals surface area contributed by atoms with Crippen LogP contribution in [-0.2, 0) is 0 Å². The van der Waals surface area contributed by atoms with E-state index < -0.39 is 0 Å². The molecule has 2 heterocycles. The van der Waals surface area contributed by atoms with Crippen molar-refractivity contribution in [2.24, 2.45) is 0 Å². The number of nitrogens with zero attached hydrogens (tertiary/aromatic N) is 2. The van der Waals surface area contributed by atoms with Gasteiger partial charge in [-0.15, -0.1) is 11.3 Å². The van der Waals surface area contributed by atoms with Crippen LogP contribution < -0.4 is 5.32 Å². The normalized spacial score (nSPS) is 10.2. The van der Waals surface area contributed by atoms with E-state index in [0.29, 0.717) is 20.7 Å². The summed E-state index contributed by atoms with van der Waals surface area (Å²) < 4.78 is 0. The molecule has 0 aliphatic carbocycles. The van der Waals surface area contributed by atoms with Gasteiger partial charge in [-0.3, -0.25) is 14.9 Å². The smallest absolute Gasteiger partial charge is 0.286 e. The number of carbonyl (C=O) groups is 2. The third-order valence-corrected chi connectivity index (χ3v) is 3.91. The number of nitrogens with one attached hydrogen (secondary N) is 1. The van der Waals surface area contributed by atoms with E-state index in [9.17, 15) is 9.59 Å². The van der Waals surface area contributed by atoms with Crippen LogP contribution in [-0.4, -0.2) is 21.7 Å². The Morgan fingerprint density at radius 2 is 2.18 bits per heavy atom. The molecule has 0 spiro atoms. The van der Waals surface area contributed by atoms with Crippen molar-refractivity contribution in [1.82, 2.24) is 9.97 Å². The molecule has 0 saturated heterocycles. The van der Waals surface area contributed by atoms with Crippen LogP contribution in [0, 0.1) is 6.92 Å². The molecule has 0 radical (unpaired) electrons. The van der Waals surface area contributed by atoms with Gasteiger partial charge in [0.25, 0.3) is 5.91 Å². The highest BCUT2D eigenvalue weighted by atomic mass is 32.1. The van der Waals surface area contributed by atoms with Crippen molar-refractivity contribution in [3.05, 3.63) is 27.2 Å². The quantitative estimate of drug-likeness (QED) is 0.866. The van der Waals surface area contributed by atoms with Gasteiger partial charge in [-0.05, 0) is 6.92 Å². The second kappa shape index (κ2) is 4.72. The maximum Gasteiger partial charge on any atom is 0.286 e. The van der Waals surface area contributed by atoms with Crippen molar-refractivity contribution in [1.29, 1.82) is 0 Å². The number of Topliss-reactive ketones (excluding diaryl/α,β-unsaturated/α-hetero) is 1. The Balaban J connectivity index is 2.17.